The zero-order valence-electron chi connectivity index (χ0n) is 17.2. The molecule has 3 amide bonds. The lowest BCUT2D eigenvalue weighted by atomic mass is 10.1. The summed E-state index contributed by atoms with van der Waals surface area (Å²) in [7, 11) is 0. The van der Waals surface area contributed by atoms with Crippen LogP contribution >= 0.6 is 0 Å². The van der Waals surface area contributed by atoms with E-state index in [0.717, 1.165) is 18.8 Å². The Balaban J connectivity index is 1.25. The van der Waals surface area contributed by atoms with E-state index in [-0.39, 0.29) is 42.9 Å². The number of hydrogen-bond donors (Lipinski definition) is 1. The molecule has 2 aliphatic rings. The molecule has 1 unspecified atom stereocenters. The number of nitrogens with one attached hydrogen (secondary N) is 1. The van der Waals surface area contributed by atoms with E-state index >= 15 is 0 Å². The van der Waals surface area contributed by atoms with Crippen LogP contribution in [0.15, 0.2) is 54.6 Å². The molecule has 0 saturated carbocycles. The molecule has 1 atom stereocenters. The molecule has 162 valence electrons. The summed E-state index contributed by atoms with van der Waals surface area (Å²) in [5, 5.41) is 2.66. The standard InChI is InChI=1S/C23H25FN4O3/c24-19-8-4-5-9-20(19)28-16-17(14-21(28)29)23(31)25-15-22(30)27-12-10-26(11-13-27)18-6-2-1-3-7-18/h1-9,17H,10-16H2,(H,25,31). The number of amides is 3. The number of carbonyl (C=O) groups is 3. The molecule has 0 aliphatic carbocycles. The highest BCUT2D eigenvalue weighted by Crippen LogP contribution is 2.27. The van der Waals surface area contributed by atoms with Crippen LogP contribution in [0.2, 0.25) is 0 Å². The van der Waals surface area contributed by atoms with Gasteiger partial charge in [-0.15, -0.1) is 0 Å². The van der Waals surface area contributed by atoms with Crippen LogP contribution < -0.4 is 15.1 Å². The zero-order valence-corrected chi connectivity index (χ0v) is 17.2. The van der Waals surface area contributed by atoms with Crippen LogP contribution in [0.5, 0.6) is 0 Å². The summed E-state index contributed by atoms with van der Waals surface area (Å²) < 4.78 is 14.0. The molecular formula is C23H25FN4O3. The number of para-hydroxylation sites is 2. The zero-order chi connectivity index (χ0) is 21.8. The number of piperazine rings is 1. The van der Waals surface area contributed by atoms with Crippen molar-refractivity contribution in [1.82, 2.24) is 10.2 Å². The third-order valence-corrected chi connectivity index (χ3v) is 5.81. The molecule has 31 heavy (non-hydrogen) atoms. The van der Waals surface area contributed by atoms with E-state index in [9.17, 15) is 18.8 Å². The van der Waals surface area contributed by atoms with Gasteiger partial charge in [-0.05, 0) is 24.3 Å². The van der Waals surface area contributed by atoms with Crippen molar-refractivity contribution in [3.8, 4) is 0 Å². The fourth-order valence-corrected chi connectivity index (χ4v) is 4.06. The minimum Gasteiger partial charge on any atom is -0.368 e. The fourth-order valence-electron chi connectivity index (χ4n) is 4.06. The number of anilines is 2. The van der Waals surface area contributed by atoms with Crippen molar-refractivity contribution in [2.24, 2.45) is 5.92 Å². The summed E-state index contributed by atoms with van der Waals surface area (Å²) in [4.78, 5) is 42.6. The maximum Gasteiger partial charge on any atom is 0.242 e. The van der Waals surface area contributed by atoms with Gasteiger partial charge in [0.25, 0.3) is 0 Å². The van der Waals surface area contributed by atoms with Gasteiger partial charge in [0.2, 0.25) is 17.7 Å². The van der Waals surface area contributed by atoms with Crippen LogP contribution in [0.4, 0.5) is 15.8 Å². The molecule has 2 saturated heterocycles. The predicted molar refractivity (Wildman–Crippen MR) is 115 cm³/mol. The van der Waals surface area contributed by atoms with Crippen molar-refractivity contribution >= 4 is 29.1 Å². The molecule has 2 aromatic carbocycles. The molecule has 0 bridgehead atoms. The van der Waals surface area contributed by atoms with Gasteiger partial charge >= 0.3 is 0 Å². The van der Waals surface area contributed by atoms with Gasteiger partial charge in [-0.25, -0.2) is 4.39 Å². The van der Waals surface area contributed by atoms with E-state index in [1.54, 1.807) is 17.0 Å². The fraction of sp³-hybridized carbons (Fsp3) is 0.348. The Labute approximate surface area is 180 Å². The first kappa shape index (κ1) is 20.8. The van der Waals surface area contributed by atoms with Crippen molar-refractivity contribution < 1.29 is 18.8 Å². The van der Waals surface area contributed by atoms with Crippen molar-refractivity contribution in [2.75, 3.05) is 49.1 Å². The molecular weight excluding hydrogens is 399 g/mol. The average Bonchev–Trinajstić information content (AvgIpc) is 3.19. The van der Waals surface area contributed by atoms with Crippen LogP contribution in [0.25, 0.3) is 0 Å². The largest absolute Gasteiger partial charge is 0.368 e. The SMILES string of the molecule is O=C(NCC(=O)N1CCN(c2ccccc2)CC1)C1CC(=O)N(c2ccccc2F)C1. The minimum absolute atomic E-state index is 0.00408. The van der Waals surface area contributed by atoms with Crippen LogP contribution in [-0.2, 0) is 14.4 Å². The molecule has 8 heteroatoms. The lowest BCUT2D eigenvalue weighted by molar-refractivity contribution is -0.134. The number of rotatable bonds is 5. The molecule has 0 aromatic heterocycles. The predicted octanol–water partition coefficient (Wildman–Crippen LogP) is 1.64. The Morgan fingerprint density at radius 3 is 2.35 bits per heavy atom. The van der Waals surface area contributed by atoms with Crippen molar-refractivity contribution in [1.29, 1.82) is 0 Å². The molecule has 0 radical (unpaired) electrons. The third kappa shape index (κ3) is 4.68. The van der Waals surface area contributed by atoms with Gasteiger partial charge in [-0.1, -0.05) is 30.3 Å². The topological polar surface area (TPSA) is 73.0 Å². The van der Waals surface area contributed by atoms with Gasteiger partial charge in [0, 0.05) is 44.8 Å². The third-order valence-electron chi connectivity index (χ3n) is 5.81. The first-order valence-electron chi connectivity index (χ1n) is 10.4. The second kappa shape index (κ2) is 9.16. The summed E-state index contributed by atoms with van der Waals surface area (Å²) in [6, 6.07) is 16.0. The molecule has 2 heterocycles. The Morgan fingerprint density at radius 1 is 0.968 bits per heavy atom. The number of nitrogens with zero attached hydrogens (tertiary/aromatic N) is 3. The smallest absolute Gasteiger partial charge is 0.242 e. The summed E-state index contributed by atoms with van der Waals surface area (Å²) in [5.74, 6) is -1.90. The Hall–Kier alpha value is -3.42. The van der Waals surface area contributed by atoms with Crippen LogP contribution in [-0.4, -0.2) is 61.9 Å². The maximum absolute atomic E-state index is 14.0. The monoisotopic (exact) mass is 424 g/mol. The normalized spacial score (nSPS) is 18.9. The lowest BCUT2D eigenvalue weighted by Crippen LogP contribution is -2.51. The van der Waals surface area contributed by atoms with E-state index in [0.29, 0.717) is 13.1 Å². The molecule has 0 spiro atoms. The molecule has 4 rings (SSSR count). The minimum atomic E-state index is -0.602. The first-order chi connectivity index (χ1) is 15.0. The highest BCUT2D eigenvalue weighted by Gasteiger charge is 2.36. The quantitative estimate of drug-likeness (QED) is 0.792. The van der Waals surface area contributed by atoms with Gasteiger partial charge in [0.1, 0.15) is 5.82 Å². The van der Waals surface area contributed by atoms with Crippen LogP contribution in [0.1, 0.15) is 6.42 Å². The summed E-state index contributed by atoms with van der Waals surface area (Å²) >= 11 is 0. The van der Waals surface area contributed by atoms with Gasteiger partial charge in [-0.3, -0.25) is 14.4 Å². The van der Waals surface area contributed by atoms with Crippen molar-refractivity contribution in [3.05, 3.63) is 60.4 Å². The van der Waals surface area contributed by atoms with Crippen LogP contribution in [0.3, 0.4) is 0 Å². The molecule has 2 aromatic rings. The van der Waals surface area contributed by atoms with Gasteiger partial charge in [0.05, 0.1) is 18.2 Å². The highest BCUT2D eigenvalue weighted by molar-refractivity contribution is 6.00. The van der Waals surface area contributed by atoms with E-state index in [2.05, 4.69) is 10.2 Å². The number of carbonyl (C=O) groups excluding carboxylic acids is 3. The van der Waals surface area contributed by atoms with Gasteiger partial charge in [-0.2, -0.15) is 0 Å². The van der Waals surface area contributed by atoms with Crippen molar-refractivity contribution in [3.63, 3.8) is 0 Å². The number of benzene rings is 2. The molecule has 2 aliphatic heterocycles. The van der Waals surface area contributed by atoms with Gasteiger partial charge < -0.3 is 20.0 Å². The molecule has 7 nitrogen and oxygen atoms in total. The molecule has 1 N–H and O–H groups in total. The van der Waals surface area contributed by atoms with E-state index < -0.39 is 11.7 Å². The first-order valence-corrected chi connectivity index (χ1v) is 10.4. The van der Waals surface area contributed by atoms with E-state index in [1.165, 1.54) is 17.0 Å². The second-order valence-corrected chi connectivity index (χ2v) is 7.78. The Morgan fingerprint density at radius 2 is 1.65 bits per heavy atom. The molecule has 2 fully saturated rings. The van der Waals surface area contributed by atoms with Gasteiger partial charge in [0.15, 0.2) is 0 Å². The Kier molecular flexibility index (Phi) is 6.16. The summed E-state index contributed by atoms with van der Waals surface area (Å²) in [6.07, 6.45) is 0.00408. The lowest BCUT2D eigenvalue weighted by Gasteiger charge is -2.36. The summed E-state index contributed by atoms with van der Waals surface area (Å²) in [5.41, 5.74) is 1.31. The van der Waals surface area contributed by atoms with Crippen LogP contribution in [0, 0.1) is 11.7 Å². The average molecular weight is 424 g/mol. The Bertz CT molecular complexity index is 960. The van der Waals surface area contributed by atoms with E-state index in [4.69, 9.17) is 0 Å². The maximum atomic E-state index is 14.0. The van der Waals surface area contributed by atoms with Crippen molar-refractivity contribution in [2.45, 2.75) is 6.42 Å². The highest BCUT2D eigenvalue weighted by atomic mass is 19.1. The number of hydrogen-bond acceptors (Lipinski definition) is 4. The number of halogens is 1. The van der Waals surface area contributed by atoms with E-state index in [1.807, 2.05) is 30.3 Å². The summed E-state index contributed by atoms with van der Waals surface area (Å²) in [6.45, 7) is 2.65. The second-order valence-electron chi connectivity index (χ2n) is 7.78.